The van der Waals surface area contributed by atoms with Gasteiger partial charge in [-0.05, 0) is 53.2 Å². The lowest BCUT2D eigenvalue weighted by molar-refractivity contribution is -0.133. The number of nitrogens with one attached hydrogen (secondary N) is 1. The molecule has 3 aromatic rings. The van der Waals surface area contributed by atoms with E-state index in [1.54, 1.807) is 0 Å². The number of carbonyl (C=O) groups is 2. The molecule has 3 N–H and O–H groups in total. The number of alkyl carbamates (subject to hydrolysis) is 1. The first-order chi connectivity index (χ1) is 18.4. The Labute approximate surface area is 231 Å². The van der Waals surface area contributed by atoms with E-state index < -0.39 is 6.09 Å². The molecule has 1 aromatic carbocycles. The van der Waals surface area contributed by atoms with Crippen LogP contribution in [0.5, 0.6) is 11.5 Å². The summed E-state index contributed by atoms with van der Waals surface area (Å²) in [6.45, 7) is 2.37. The molecule has 0 radical (unpaired) electrons. The number of carbonyl (C=O) groups excluding carboxylic acids is 2. The molecule has 2 aliphatic rings. The lowest BCUT2D eigenvalue weighted by atomic mass is 9.93. The number of benzene rings is 1. The van der Waals surface area contributed by atoms with Gasteiger partial charge in [0.15, 0.2) is 33.6 Å². The summed E-state index contributed by atoms with van der Waals surface area (Å²) in [6.07, 6.45) is 3.84. The maximum absolute atomic E-state index is 12.5. The number of amides is 2. The van der Waals surface area contributed by atoms with E-state index in [1.807, 2.05) is 17.0 Å². The molecule has 1 saturated heterocycles. The van der Waals surface area contributed by atoms with Crippen molar-refractivity contribution in [3.05, 3.63) is 22.9 Å². The zero-order chi connectivity index (χ0) is 26.6. The number of rotatable bonds is 8. The van der Waals surface area contributed by atoms with Crippen molar-refractivity contribution in [1.82, 2.24) is 29.7 Å². The Hall–Kier alpha value is -3.26. The highest BCUT2D eigenvalue weighted by atomic mass is 79.9. The van der Waals surface area contributed by atoms with E-state index in [9.17, 15) is 9.59 Å². The summed E-state index contributed by atoms with van der Waals surface area (Å²) < 4.78 is 18.9. The third kappa shape index (κ3) is 5.75. The van der Waals surface area contributed by atoms with E-state index in [2.05, 4.69) is 35.8 Å². The minimum atomic E-state index is -0.529. The van der Waals surface area contributed by atoms with Gasteiger partial charge < -0.3 is 34.7 Å². The van der Waals surface area contributed by atoms with Crippen LogP contribution in [0.25, 0.3) is 11.2 Å². The predicted octanol–water partition coefficient (Wildman–Crippen LogP) is 3.43. The lowest BCUT2D eigenvalue weighted by Crippen LogP contribution is -2.39. The smallest absolute Gasteiger partial charge is 0.406 e. The monoisotopic (exact) mass is 605 g/mol. The van der Waals surface area contributed by atoms with Gasteiger partial charge in [0.05, 0.1) is 6.42 Å². The van der Waals surface area contributed by atoms with Crippen molar-refractivity contribution in [3.8, 4) is 11.5 Å². The highest BCUT2D eigenvalue weighted by molar-refractivity contribution is 9.10. The molecule has 0 atom stereocenters. The van der Waals surface area contributed by atoms with Gasteiger partial charge in [-0.3, -0.25) is 4.79 Å². The molecule has 14 heteroatoms. The molecule has 38 heavy (non-hydrogen) atoms. The molecule has 5 rings (SSSR count). The molecule has 4 heterocycles. The zero-order valence-corrected chi connectivity index (χ0v) is 23.2. The van der Waals surface area contributed by atoms with Crippen molar-refractivity contribution < 1.29 is 23.8 Å². The number of aryl methyl sites for hydroxylation is 1. The van der Waals surface area contributed by atoms with Gasteiger partial charge in [-0.15, -0.1) is 0 Å². The Morgan fingerprint density at radius 1 is 1.24 bits per heavy atom. The third-order valence-electron chi connectivity index (χ3n) is 6.64. The minimum Gasteiger partial charge on any atom is -0.454 e. The van der Waals surface area contributed by atoms with Crippen LogP contribution in [-0.2, 0) is 16.1 Å². The number of nitrogen functional groups attached to an aromatic ring is 1. The van der Waals surface area contributed by atoms with E-state index in [1.165, 1.54) is 25.1 Å². The molecule has 1 fully saturated rings. The van der Waals surface area contributed by atoms with Crippen LogP contribution in [0, 0.1) is 5.92 Å². The molecule has 2 aliphatic heterocycles. The van der Waals surface area contributed by atoms with Gasteiger partial charge in [0.2, 0.25) is 12.7 Å². The van der Waals surface area contributed by atoms with Crippen molar-refractivity contribution in [2.75, 3.05) is 39.3 Å². The molecular weight excluding hydrogens is 578 g/mol. The second kappa shape index (κ2) is 11.6. The first kappa shape index (κ1) is 26.4. The van der Waals surface area contributed by atoms with Crippen LogP contribution in [0.1, 0.15) is 25.7 Å². The van der Waals surface area contributed by atoms with Gasteiger partial charge in [0, 0.05) is 36.1 Å². The number of likely N-dealkylation sites (tertiary alicyclic amines) is 1. The van der Waals surface area contributed by atoms with Crippen LogP contribution < -0.4 is 20.5 Å². The summed E-state index contributed by atoms with van der Waals surface area (Å²) in [4.78, 5) is 39.8. The van der Waals surface area contributed by atoms with E-state index in [-0.39, 0.29) is 25.7 Å². The molecule has 2 amide bonds. The fourth-order valence-electron chi connectivity index (χ4n) is 4.53. The van der Waals surface area contributed by atoms with Gasteiger partial charge in [-0.2, -0.15) is 0 Å². The van der Waals surface area contributed by atoms with E-state index in [0.717, 1.165) is 33.8 Å². The standard InChI is InChI=1S/C24H28BrN7O5S/c1-27-24(34)35-9-5-19(33)31-6-2-14(3-7-31)4-8-32-22-20(21(26)28-12-29-22)30-23(32)38-18-11-17-16(10-15(18)25)36-13-37-17/h10-12,14H,2-9,13H2,1H3,(H,27,34)(H2,26,28,29). The predicted molar refractivity (Wildman–Crippen MR) is 143 cm³/mol. The van der Waals surface area contributed by atoms with Crippen LogP contribution in [-0.4, -0.2) is 70.0 Å². The van der Waals surface area contributed by atoms with Gasteiger partial charge in [0.25, 0.3) is 0 Å². The quantitative estimate of drug-likeness (QED) is 0.391. The largest absolute Gasteiger partial charge is 0.454 e. The molecule has 0 unspecified atom stereocenters. The number of nitrogens with zero attached hydrogens (tertiary/aromatic N) is 5. The van der Waals surface area contributed by atoms with Crippen molar-refractivity contribution in [2.24, 2.45) is 5.92 Å². The Morgan fingerprint density at radius 2 is 2.00 bits per heavy atom. The number of fused-ring (bicyclic) bond motifs is 2. The summed E-state index contributed by atoms with van der Waals surface area (Å²) in [7, 11) is 1.49. The summed E-state index contributed by atoms with van der Waals surface area (Å²) >= 11 is 5.13. The van der Waals surface area contributed by atoms with Crippen molar-refractivity contribution in [2.45, 2.75) is 42.3 Å². The first-order valence-electron chi connectivity index (χ1n) is 12.3. The summed E-state index contributed by atoms with van der Waals surface area (Å²) in [6, 6.07) is 3.83. The average Bonchev–Trinajstić information content (AvgIpc) is 3.52. The maximum Gasteiger partial charge on any atom is 0.406 e. The Bertz CT molecular complexity index is 1350. The second-order valence-corrected chi connectivity index (χ2v) is 10.8. The molecule has 12 nitrogen and oxygen atoms in total. The first-order valence-corrected chi connectivity index (χ1v) is 13.9. The molecule has 202 valence electrons. The summed E-state index contributed by atoms with van der Waals surface area (Å²) in [5.74, 6) is 2.20. The SMILES string of the molecule is CNC(=O)OCCC(=O)N1CCC(CCn2c(Sc3cc4c(cc3Br)OCO4)nc3c(N)ncnc32)CC1. The van der Waals surface area contributed by atoms with Crippen molar-refractivity contribution in [1.29, 1.82) is 0 Å². The minimum absolute atomic E-state index is 0.00752. The second-order valence-electron chi connectivity index (χ2n) is 8.96. The lowest BCUT2D eigenvalue weighted by Gasteiger charge is -2.32. The maximum atomic E-state index is 12.5. The van der Waals surface area contributed by atoms with Gasteiger partial charge in [-0.1, -0.05) is 11.8 Å². The topological polar surface area (TPSA) is 147 Å². The Kier molecular flexibility index (Phi) is 8.07. The van der Waals surface area contributed by atoms with Crippen molar-refractivity contribution >= 4 is 56.7 Å². The van der Waals surface area contributed by atoms with Crippen LogP contribution in [0.15, 0.2) is 33.0 Å². The molecule has 0 spiro atoms. The number of hydrogen-bond acceptors (Lipinski definition) is 10. The number of anilines is 1. The molecule has 2 aromatic heterocycles. The van der Waals surface area contributed by atoms with E-state index in [4.69, 9.17) is 24.9 Å². The number of halogens is 1. The molecule has 0 bridgehead atoms. The number of imidazole rings is 1. The Morgan fingerprint density at radius 3 is 2.76 bits per heavy atom. The number of piperidine rings is 1. The average molecular weight is 607 g/mol. The zero-order valence-electron chi connectivity index (χ0n) is 20.8. The summed E-state index contributed by atoms with van der Waals surface area (Å²) in [5, 5.41) is 3.13. The van der Waals surface area contributed by atoms with E-state index in [0.29, 0.717) is 54.0 Å². The van der Waals surface area contributed by atoms with Crippen LogP contribution in [0.3, 0.4) is 0 Å². The van der Waals surface area contributed by atoms with Crippen LogP contribution >= 0.6 is 27.7 Å². The van der Waals surface area contributed by atoms with Crippen LogP contribution in [0.4, 0.5) is 10.6 Å². The van der Waals surface area contributed by atoms with Gasteiger partial charge >= 0.3 is 6.09 Å². The normalized spacial score (nSPS) is 15.2. The third-order valence-corrected chi connectivity index (χ3v) is 8.61. The van der Waals surface area contributed by atoms with Crippen LogP contribution in [0.2, 0.25) is 0 Å². The van der Waals surface area contributed by atoms with Gasteiger partial charge in [-0.25, -0.2) is 19.7 Å². The number of hydrogen-bond donors (Lipinski definition) is 2. The fraction of sp³-hybridized carbons (Fsp3) is 0.458. The van der Waals surface area contributed by atoms with E-state index >= 15 is 0 Å². The number of aromatic nitrogens is 4. The fourth-order valence-corrected chi connectivity index (χ4v) is 6.04. The number of nitrogens with two attached hydrogens (primary N) is 1. The Balaban J connectivity index is 1.24. The molecule has 0 aliphatic carbocycles. The van der Waals surface area contributed by atoms with Gasteiger partial charge in [0.1, 0.15) is 12.9 Å². The number of ether oxygens (including phenoxy) is 3. The molecular formula is C24H28BrN7O5S. The highest BCUT2D eigenvalue weighted by Gasteiger charge is 2.25. The van der Waals surface area contributed by atoms with Crippen molar-refractivity contribution in [3.63, 3.8) is 0 Å². The summed E-state index contributed by atoms with van der Waals surface area (Å²) in [5.41, 5.74) is 7.40. The highest BCUT2D eigenvalue weighted by Crippen LogP contribution is 2.43. The molecule has 0 saturated carbocycles.